The van der Waals surface area contributed by atoms with Gasteiger partial charge in [0.1, 0.15) is 0 Å². The Balaban J connectivity index is 1.36. The molecule has 1 aromatic carbocycles. The third kappa shape index (κ3) is 4.38. The van der Waals surface area contributed by atoms with Gasteiger partial charge in [0.25, 0.3) is 5.91 Å². The molecule has 0 radical (unpaired) electrons. The van der Waals surface area contributed by atoms with E-state index in [1.165, 1.54) is 21.6 Å². The Morgan fingerprint density at radius 3 is 2.59 bits per heavy atom. The summed E-state index contributed by atoms with van der Waals surface area (Å²) < 4.78 is 0. The zero-order valence-corrected chi connectivity index (χ0v) is 18.1. The van der Waals surface area contributed by atoms with Gasteiger partial charge in [0, 0.05) is 37.1 Å². The lowest BCUT2D eigenvalue weighted by molar-refractivity contribution is -0.123. The first-order valence-corrected chi connectivity index (χ1v) is 11.4. The summed E-state index contributed by atoms with van der Waals surface area (Å²) in [7, 11) is 0. The van der Waals surface area contributed by atoms with Crippen LogP contribution in [0.4, 0.5) is 0 Å². The molecule has 2 amide bonds. The van der Waals surface area contributed by atoms with Gasteiger partial charge >= 0.3 is 0 Å². The lowest BCUT2D eigenvalue weighted by atomic mass is 9.91. The maximum atomic E-state index is 13.1. The highest BCUT2D eigenvalue weighted by atomic mass is 32.1. The van der Waals surface area contributed by atoms with Crippen LogP contribution in [0.1, 0.15) is 41.1 Å². The maximum Gasteiger partial charge on any atom is 0.264 e. The fourth-order valence-electron chi connectivity index (χ4n) is 4.07. The van der Waals surface area contributed by atoms with Crippen LogP contribution in [0, 0.1) is 0 Å². The summed E-state index contributed by atoms with van der Waals surface area (Å²) in [5, 5.41) is 3.01. The van der Waals surface area contributed by atoms with Crippen molar-refractivity contribution in [2.75, 3.05) is 32.7 Å². The van der Waals surface area contributed by atoms with Gasteiger partial charge in [-0.25, -0.2) is 0 Å². The molecule has 1 fully saturated rings. The van der Waals surface area contributed by atoms with Gasteiger partial charge in [-0.1, -0.05) is 31.2 Å². The summed E-state index contributed by atoms with van der Waals surface area (Å²) in [6.07, 6.45) is 2.99. The SMILES string of the molecule is CCC(C)NC(=O)CN1CCN(C(=O)c2cc3c(s2)-c2ccccc2CC3)CC1. The Morgan fingerprint density at radius 1 is 1.10 bits per heavy atom. The van der Waals surface area contributed by atoms with E-state index in [9.17, 15) is 9.59 Å². The molecule has 2 heterocycles. The van der Waals surface area contributed by atoms with Gasteiger partial charge in [-0.05, 0) is 48.9 Å². The smallest absolute Gasteiger partial charge is 0.264 e. The van der Waals surface area contributed by atoms with Crippen molar-refractivity contribution in [1.82, 2.24) is 15.1 Å². The summed E-state index contributed by atoms with van der Waals surface area (Å²) >= 11 is 1.63. The molecule has 1 aromatic heterocycles. The molecular formula is C23H29N3O2S. The van der Waals surface area contributed by atoms with Crippen LogP contribution in [0.2, 0.25) is 0 Å². The lowest BCUT2D eigenvalue weighted by Gasteiger charge is -2.34. The predicted octanol–water partition coefficient (Wildman–Crippen LogP) is 3.19. The third-order valence-electron chi connectivity index (χ3n) is 5.99. The fourth-order valence-corrected chi connectivity index (χ4v) is 5.31. The van der Waals surface area contributed by atoms with Gasteiger partial charge in [0.05, 0.1) is 11.4 Å². The second-order valence-electron chi connectivity index (χ2n) is 8.07. The number of carbonyl (C=O) groups excluding carboxylic acids is 2. The third-order valence-corrected chi connectivity index (χ3v) is 7.19. The minimum atomic E-state index is 0.0729. The fraction of sp³-hybridized carbons (Fsp3) is 0.478. The Morgan fingerprint density at radius 2 is 1.83 bits per heavy atom. The number of carbonyl (C=O) groups is 2. The van der Waals surface area contributed by atoms with Crippen molar-refractivity contribution in [2.24, 2.45) is 0 Å². The number of benzene rings is 1. The van der Waals surface area contributed by atoms with Crippen molar-refractivity contribution in [2.45, 2.75) is 39.2 Å². The zero-order chi connectivity index (χ0) is 20.4. The van der Waals surface area contributed by atoms with Crippen molar-refractivity contribution in [3.05, 3.63) is 46.3 Å². The van der Waals surface area contributed by atoms with Crippen molar-refractivity contribution < 1.29 is 9.59 Å². The number of amides is 2. The van der Waals surface area contributed by atoms with Crippen LogP contribution in [0.5, 0.6) is 0 Å². The van der Waals surface area contributed by atoms with Gasteiger partial charge in [0.2, 0.25) is 5.91 Å². The molecule has 1 atom stereocenters. The van der Waals surface area contributed by atoms with E-state index in [0.29, 0.717) is 19.6 Å². The van der Waals surface area contributed by atoms with Gasteiger partial charge < -0.3 is 10.2 Å². The molecule has 0 saturated carbocycles. The minimum Gasteiger partial charge on any atom is -0.353 e. The van der Waals surface area contributed by atoms with Crippen LogP contribution in [0.3, 0.4) is 0 Å². The van der Waals surface area contributed by atoms with Gasteiger partial charge in [-0.3, -0.25) is 14.5 Å². The average Bonchev–Trinajstić information content (AvgIpc) is 3.18. The van der Waals surface area contributed by atoms with Crippen LogP contribution >= 0.6 is 11.3 Å². The highest BCUT2D eigenvalue weighted by molar-refractivity contribution is 7.17. The quantitative estimate of drug-likeness (QED) is 0.822. The summed E-state index contributed by atoms with van der Waals surface area (Å²) in [4.78, 5) is 31.4. The van der Waals surface area contributed by atoms with Gasteiger partial charge in [-0.15, -0.1) is 11.3 Å². The van der Waals surface area contributed by atoms with E-state index in [4.69, 9.17) is 0 Å². The number of rotatable bonds is 5. The van der Waals surface area contributed by atoms with E-state index in [1.807, 2.05) is 11.8 Å². The second kappa shape index (κ2) is 8.67. The van der Waals surface area contributed by atoms with Crippen molar-refractivity contribution in [1.29, 1.82) is 0 Å². The number of nitrogens with zero attached hydrogens (tertiary/aromatic N) is 2. The van der Waals surface area contributed by atoms with Crippen LogP contribution in [0.15, 0.2) is 30.3 Å². The molecule has 2 aliphatic rings. The van der Waals surface area contributed by atoms with Gasteiger partial charge in [-0.2, -0.15) is 0 Å². The Labute approximate surface area is 176 Å². The number of nitrogens with one attached hydrogen (secondary N) is 1. The van der Waals surface area contributed by atoms with E-state index in [2.05, 4.69) is 47.5 Å². The van der Waals surface area contributed by atoms with Crippen LogP contribution < -0.4 is 5.32 Å². The minimum absolute atomic E-state index is 0.0729. The second-order valence-corrected chi connectivity index (χ2v) is 9.12. The molecule has 154 valence electrons. The lowest BCUT2D eigenvalue weighted by Crippen LogP contribution is -2.51. The summed E-state index contributed by atoms with van der Waals surface area (Å²) in [6, 6.07) is 10.8. The van der Waals surface area contributed by atoms with Crippen LogP contribution in [-0.4, -0.2) is 60.4 Å². The monoisotopic (exact) mass is 411 g/mol. The molecule has 6 heteroatoms. The van der Waals surface area contributed by atoms with Crippen molar-refractivity contribution in [3.8, 4) is 10.4 Å². The Kier molecular flexibility index (Phi) is 6.01. The highest BCUT2D eigenvalue weighted by Crippen LogP contribution is 2.39. The largest absolute Gasteiger partial charge is 0.353 e. The maximum absolute atomic E-state index is 13.1. The van der Waals surface area contributed by atoms with E-state index in [-0.39, 0.29) is 17.9 Å². The number of piperazine rings is 1. The highest BCUT2D eigenvalue weighted by Gasteiger charge is 2.27. The molecule has 1 unspecified atom stereocenters. The van der Waals surface area contributed by atoms with Gasteiger partial charge in [0.15, 0.2) is 0 Å². The molecule has 4 rings (SSSR count). The molecule has 1 aliphatic heterocycles. The predicted molar refractivity (Wildman–Crippen MR) is 117 cm³/mol. The Hall–Kier alpha value is -2.18. The molecule has 2 aromatic rings. The average molecular weight is 412 g/mol. The van der Waals surface area contributed by atoms with Crippen molar-refractivity contribution >= 4 is 23.2 Å². The molecule has 29 heavy (non-hydrogen) atoms. The first-order chi connectivity index (χ1) is 14.0. The molecular weight excluding hydrogens is 382 g/mol. The zero-order valence-electron chi connectivity index (χ0n) is 17.2. The molecule has 1 aliphatic carbocycles. The number of fused-ring (bicyclic) bond motifs is 3. The number of hydrogen-bond donors (Lipinski definition) is 1. The van der Waals surface area contributed by atoms with E-state index in [0.717, 1.165) is 37.2 Å². The first-order valence-electron chi connectivity index (χ1n) is 10.6. The topological polar surface area (TPSA) is 52.7 Å². The van der Waals surface area contributed by atoms with Crippen molar-refractivity contribution in [3.63, 3.8) is 0 Å². The number of hydrogen-bond acceptors (Lipinski definition) is 4. The Bertz CT molecular complexity index is 899. The normalized spacial score (nSPS) is 17.4. The molecule has 1 N–H and O–H groups in total. The molecule has 0 spiro atoms. The molecule has 1 saturated heterocycles. The molecule has 0 bridgehead atoms. The summed E-state index contributed by atoms with van der Waals surface area (Å²) in [6.45, 7) is 7.34. The van der Waals surface area contributed by atoms with Crippen LogP contribution in [-0.2, 0) is 17.6 Å². The van der Waals surface area contributed by atoms with E-state index >= 15 is 0 Å². The first kappa shape index (κ1) is 20.1. The molecule has 5 nitrogen and oxygen atoms in total. The van der Waals surface area contributed by atoms with Crippen LogP contribution in [0.25, 0.3) is 10.4 Å². The van der Waals surface area contributed by atoms with E-state index < -0.39 is 0 Å². The summed E-state index contributed by atoms with van der Waals surface area (Å²) in [5.41, 5.74) is 3.97. The standard InChI is InChI=1S/C23H29N3O2S/c1-3-16(2)24-21(27)15-25-10-12-26(13-11-25)23(28)20-14-18-9-8-17-6-4-5-7-19(17)22(18)29-20/h4-7,14,16H,3,8-13,15H2,1-2H3,(H,24,27). The number of aryl methyl sites for hydroxylation is 2. The number of thiophene rings is 1. The summed E-state index contributed by atoms with van der Waals surface area (Å²) in [5.74, 6) is 0.203. The van der Waals surface area contributed by atoms with E-state index in [1.54, 1.807) is 11.3 Å².